The summed E-state index contributed by atoms with van der Waals surface area (Å²) in [6.07, 6.45) is 1.59. The van der Waals surface area contributed by atoms with Crippen LogP contribution in [0.3, 0.4) is 0 Å². The lowest BCUT2D eigenvalue weighted by molar-refractivity contribution is -0.384. The van der Waals surface area contributed by atoms with E-state index in [0.29, 0.717) is 16.7 Å². The van der Waals surface area contributed by atoms with E-state index >= 15 is 0 Å². The van der Waals surface area contributed by atoms with Crippen molar-refractivity contribution in [1.29, 1.82) is 0 Å². The fraction of sp³-hybridized carbons (Fsp3) is 0.278. The molecule has 0 atom stereocenters. The molecule has 0 bridgehead atoms. The second-order valence-electron chi connectivity index (χ2n) is 6.42. The molecule has 0 spiro atoms. The van der Waals surface area contributed by atoms with Crippen molar-refractivity contribution in [2.24, 2.45) is 0 Å². The standard InChI is InChI=1S/C18H18ClN5O4S/c1-10(2)23-17(13-6-7-28-11(13)3)21-22-18(23)29-9-16(25)20-12-4-5-14(19)15(8-12)24(26)27/h4-8,10H,9H2,1-3H3,(H,20,25). The summed E-state index contributed by atoms with van der Waals surface area (Å²) >= 11 is 7.02. The zero-order valence-electron chi connectivity index (χ0n) is 15.9. The Balaban J connectivity index is 1.73. The van der Waals surface area contributed by atoms with E-state index in [-0.39, 0.29) is 28.4 Å². The first-order valence-electron chi connectivity index (χ1n) is 8.64. The van der Waals surface area contributed by atoms with E-state index in [1.54, 1.807) is 6.26 Å². The van der Waals surface area contributed by atoms with Gasteiger partial charge in [-0.25, -0.2) is 0 Å². The molecular weight excluding hydrogens is 418 g/mol. The van der Waals surface area contributed by atoms with Crippen LogP contribution in [-0.2, 0) is 4.79 Å². The maximum absolute atomic E-state index is 12.3. The van der Waals surface area contributed by atoms with Crippen molar-refractivity contribution in [3.8, 4) is 11.4 Å². The molecule has 2 aromatic heterocycles. The minimum absolute atomic E-state index is 0.00878. The third kappa shape index (κ3) is 4.60. The highest BCUT2D eigenvalue weighted by atomic mass is 35.5. The van der Waals surface area contributed by atoms with Gasteiger partial charge in [-0.05, 0) is 39.0 Å². The molecular formula is C18H18ClN5O4S. The molecule has 0 aliphatic rings. The molecule has 11 heteroatoms. The van der Waals surface area contributed by atoms with E-state index in [4.69, 9.17) is 16.0 Å². The number of nitro benzene ring substituents is 1. The Morgan fingerprint density at radius 2 is 2.14 bits per heavy atom. The largest absolute Gasteiger partial charge is 0.469 e. The number of anilines is 1. The third-order valence-electron chi connectivity index (χ3n) is 4.04. The second kappa shape index (κ2) is 8.66. The number of hydrogen-bond donors (Lipinski definition) is 1. The molecule has 0 fully saturated rings. The minimum Gasteiger partial charge on any atom is -0.469 e. The van der Waals surface area contributed by atoms with Gasteiger partial charge in [0, 0.05) is 17.8 Å². The number of hydrogen-bond acceptors (Lipinski definition) is 7. The first kappa shape index (κ1) is 20.9. The van der Waals surface area contributed by atoms with Crippen molar-refractivity contribution in [1.82, 2.24) is 14.8 Å². The van der Waals surface area contributed by atoms with Crippen LogP contribution in [0.2, 0.25) is 5.02 Å². The monoisotopic (exact) mass is 435 g/mol. The van der Waals surface area contributed by atoms with E-state index < -0.39 is 4.92 Å². The number of amides is 1. The minimum atomic E-state index is -0.600. The van der Waals surface area contributed by atoms with Gasteiger partial charge >= 0.3 is 0 Å². The van der Waals surface area contributed by atoms with Crippen LogP contribution in [0, 0.1) is 17.0 Å². The summed E-state index contributed by atoms with van der Waals surface area (Å²) in [5.74, 6) is 1.14. The Morgan fingerprint density at radius 3 is 2.76 bits per heavy atom. The van der Waals surface area contributed by atoms with E-state index in [0.717, 1.165) is 11.3 Å². The molecule has 9 nitrogen and oxygen atoms in total. The molecule has 2 heterocycles. The van der Waals surface area contributed by atoms with E-state index in [1.165, 1.54) is 30.0 Å². The summed E-state index contributed by atoms with van der Waals surface area (Å²) < 4.78 is 7.29. The third-order valence-corrected chi connectivity index (χ3v) is 5.30. The van der Waals surface area contributed by atoms with Gasteiger partial charge in [0.15, 0.2) is 11.0 Å². The quantitative estimate of drug-likeness (QED) is 0.324. The number of rotatable bonds is 7. The predicted octanol–water partition coefficient (Wildman–Crippen LogP) is 4.72. The normalized spacial score (nSPS) is 11.1. The molecule has 29 heavy (non-hydrogen) atoms. The van der Waals surface area contributed by atoms with Crippen LogP contribution in [0.25, 0.3) is 11.4 Å². The number of furan rings is 1. The Kier molecular flexibility index (Phi) is 6.23. The molecule has 3 aromatic rings. The highest BCUT2D eigenvalue weighted by molar-refractivity contribution is 7.99. The molecule has 1 aromatic carbocycles. The second-order valence-corrected chi connectivity index (χ2v) is 7.77. The molecule has 0 unspecified atom stereocenters. The topological polar surface area (TPSA) is 116 Å². The van der Waals surface area contributed by atoms with Crippen LogP contribution < -0.4 is 5.32 Å². The number of nitrogens with one attached hydrogen (secondary N) is 1. The van der Waals surface area contributed by atoms with Crippen molar-refractivity contribution in [3.05, 3.63) is 51.4 Å². The molecule has 0 aliphatic heterocycles. The lowest BCUT2D eigenvalue weighted by Gasteiger charge is -2.13. The molecule has 0 saturated carbocycles. The van der Waals surface area contributed by atoms with Gasteiger partial charge in [0.05, 0.1) is 22.5 Å². The van der Waals surface area contributed by atoms with Crippen molar-refractivity contribution in [2.75, 3.05) is 11.1 Å². The molecule has 1 N–H and O–H groups in total. The van der Waals surface area contributed by atoms with Crippen LogP contribution >= 0.6 is 23.4 Å². The average molecular weight is 436 g/mol. The number of aryl methyl sites for hydroxylation is 1. The summed E-state index contributed by atoms with van der Waals surface area (Å²) in [5.41, 5.74) is 0.875. The zero-order chi connectivity index (χ0) is 21.1. The first-order valence-corrected chi connectivity index (χ1v) is 10.00. The van der Waals surface area contributed by atoms with Gasteiger partial charge in [-0.15, -0.1) is 10.2 Å². The highest BCUT2D eigenvalue weighted by Gasteiger charge is 2.20. The van der Waals surface area contributed by atoms with Crippen molar-refractivity contribution >= 4 is 40.6 Å². The number of nitro groups is 1. The van der Waals surface area contributed by atoms with Crippen LogP contribution in [-0.4, -0.2) is 31.3 Å². The summed E-state index contributed by atoms with van der Waals surface area (Å²) in [4.78, 5) is 22.7. The summed E-state index contributed by atoms with van der Waals surface area (Å²) in [6.45, 7) is 5.85. The molecule has 0 saturated heterocycles. The number of benzene rings is 1. The van der Waals surface area contributed by atoms with Crippen molar-refractivity contribution in [2.45, 2.75) is 32.0 Å². The highest BCUT2D eigenvalue weighted by Crippen LogP contribution is 2.30. The number of thioether (sulfide) groups is 1. The van der Waals surface area contributed by atoms with Crippen molar-refractivity contribution in [3.63, 3.8) is 0 Å². The summed E-state index contributed by atoms with van der Waals surface area (Å²) in [7, 11) is 0. The Hall–Kier alpha value is -2.85. The zero-order valence-corrected chi connectivity index (χ0v) is 17.5. The van der Waals surface area contributed by atoms with E-state index in [2.05, 4.69) is 15.5 Å². The molecule has 3 rings (SSSR count). The SMILES string of the molecule is Cc1occc1-c1nnc(SCC(=O)Nc2ccc(Cl)c([N+](=O)[O-])c2)n1C(C)C. The number of nitrogens with zero attached hydrogens (tertiary/aromatic N) is 4. The van der Waals surface area contributed by atoms with Gasteiger partial charge in [0.2, 0.25) is 5.91 Å². The molecule has 1 amide bonds. The number of carbonyl (C=O) groups excluding carboxylic acids is 1. The lowest BCUT2D eigenvalue weighted by Crippen LogP contribution is -2.15. The predicted molar refractivity (Wildman–Crippen MR) is 110 cm³/mol. The van der Waals surface area contributed by atoms with Gasteiger partial charge in [0.1, 0.15) is 10.8 Å². The number of halogens is 1. The number of carbonyl (C=O) groups is 1. The summed E-state index contributed by atoms with van der Waals surface area (Å²) in [5, 5.41) is 22.7. The lowest BCUT2D eigenvalue weighted by atomic mass is 10.2. The van der Waals surface area contributed by atoms with E-state index in [1.807, 2.05) is 31.4 Å². The molecule has 0 aliphatic carbocycles. The van der Waals surface area contributed by atoms with Gasteiger partial charge in [0.25, 0.3) is 5.69 Å². The maximum Gasteiger partial charge on any atom is 0.289 e. The van der Waals surface area contributed by atoms with Gasteiger partial charge < -0.3 is 9.73 Å². The molecule has 0 radical (unpaired) electrons. The fourth-order valence-electron chi connectivity index (χ4n) is 2.70. The van der Waals surface area contributed by atoms with Crippen LogP contribution in [0.1, 0.15) is 25.6 Å². The number of aromatic nitrogens is 3. The van der Waals surface area contributed by atoms with Gasteiger partial charge in [-0.3, -0.25) is 19.5 Å². The maximum atomic E-state index is 12.3. The van der Waals surface area contributed by atoms with Gasteiger partial charge in [-0.1, -0.05) is 23.4 Å². The van der Waals surface area contributed by atoms with E-state index in [9.17, 15) is 14.9 Å². The van der Waals surface area contributed by atoms with Crippen LogP contribution in [0.5, 0.6) is 0 Å². The fourth-order valence-corrected chi connectivity index (χ4v) is 3.75. The Morgan fingerprint density at radius 1 is 1.38 bits per heavy atom. The van der Waals surface area contributed by atoms with Crippen LogP contribution in [0.15, 0.2) is 40.1 Å². The summed E-state index contributed by atoms with van der Waals surface area (Å²) in [6, 6.07) is 6.00. The smallest absolute Gasteiger partial charge is 0.289 e. The van der Waals surface area contributed by atoms with Gasteiger partial charge in [-0.2, -0.15) is 0 Å². The Labute approximate surface area is 175 Å². The van der Waals surface area contributed by atoms with Crippen LogP contribution in [0.4, 0.5) is 11.4 Å². The van der Waals surface area contributed by atoms with Crippen molar-refractivity contribution < 1.29 is 14.1 Å². The average Bonchev–Trinajstić information content (AvgIpc) is 3.27. The molecule has 152 valence electrons. The first-order chi connectivity index (χ1) is 13.8. The Bertz CT molecular complexity index is 1060.